The number of amidine groups is 1. The van der Waals surface area contributed by atoms with Crippen LogP contribution in [0.3, 0.4) is 0 Å². The first kappa shape index (κ1) is 18.5. The molecule has 2 aliphatic rings. The van der Waals surface area contributed by atoms with E-state index in [1.54, 1.807) is 0 Å². The Morgan fingerprint density at radius 2 is 2.11 bits per heavy atom. The third kappa shape index (κ3) is 3.90. The van der Waals surface area contributed by atoms with Crippen LogP contribution in [-0.4, -0.2) is 23.8 Å². The monoisotopic (exact) mass is 382 g/mol. The summed E-state index contributed by atoms with van der Waals surface area (Å²) in [6, 6.07) is 8.63. The Balaban J connectivity index is 1.75. The Morgan fingerprint density at radius 3 is 2.93 bits per heavy atom. The number of hydrogen-bond donors (Lipinski definition) is 2. The van der Waals surface area contributed by atoms with Crippen LogP contribution in [0.4, 0.5) is 16.4 Å². The Morgan fingerprint density at radius 1 is 1.22 bits per heavy atom. The fourth-order valence-electron chi connectivity index (χ4n) is 4.16. The summed E-state index contributed by atoms with van der Waals surface area (Å²) in [7, 11) is 0. The molecule has 5 heteroatoms. The Labute approximate surface area is 166 Å². The van der Waals surface area contributed by atoms with Crippen molar-refractivity contribution in [3.63, 3.8) is 0 Å². The molecule has 1 aromatic carbocycles. The highest BCUT2D eigenvalue weighted by Crippen LogP contribution is 2.40. The summed E-state index contributed by atoms with van der Waals surface area (Å²) < 4.78 is 0. The molecular weight excluding hydrogens is 352 g/mol. The second kappa shape index (κ2) is 8.03. The zero-order valence-electron chi connectivity index (χ0n) is 16.4. The van der Waals surface area contributed by atoms with Gasteiger partial charge in [-0.3, -0.25) is 0 Å². The lowest BCUT2D eigenvalue weighted by Gasteiger charge is -2.30. The van der Waals surface area contributed by atoms with Gasteiger partial charge >= 0.3 is 0 Å². The first-order valence-electron chi connectivity index (χ1n) is 10.2. The van der Waals surface area contributed by atoms with Gasteiger partial charge in [0.05, 0.1) is 16.9 Å². The SMILES string of the molecule is CCC1CCCCN(C2=Nc3cc(CN)ccc3Nc3sc(C)cc32)CC1. The molecule has 0 bridgehead atoms. The molecule has 2 aliphatic heterocycles. The van der Waals surface area contributed by atoms with Crippen molar-refractivity contribution in [1.82, 2.24) is 4.90 Å². The number of fused-ring (bicyclic) bond motifs is 2. The largest absolute Gasteiger partial charge is 0.356 e. The molecule has 0 saturated carbocycles. The van der Waals surface area contributed by atoms with E-state index in [-0.39, 0.29) is 0 Å². The number of benzene rings is 1. The Kier molecular flexibility index (Phi) is 5.50. The Hall–Kier alpha value is -1.85. The van der Waals surface area contributed by atoms with Crippen molar-refractivity contribution in [2.45, 2.75) is 52.5 Å². The average molecular weight is 383 g/mol. The third-order valence-electron chi connectivity index (χ3n) is 5.84. The molecule has 144 valence electrons. The minimum Gasteiger partial charge on any atom is -0.356 e. The number of nitrogens with zero attached hydrogens (tertiary/aromatic N) is 2. The molecule has 4 nitrogen and oxygen atoms in total. The summed E-state index contributed by atoms with van der Waals surface area (Å²) in [6.07, 6.45) is 6.50. The van der Waals surface area contributed by atoms with Crippen LogP contribution in [0.1, 0.15) is 55.0 Å². The van der Waals surface area contributed by atoms with Crippen LogP contribution in [0, 0.1) is 12.8 Å². The van der Waals surface area contributed by atoms with Gasteiger partial charge in [-0.05, 0) is 49.4 Å². The van der Waals surface area contributed by atoms with Crippen LogP contribution in [0.5, 0.6) is 0 Å². The molecule has 2 aromatic rings. The first-order chi connectivity index (χ1) is 13.2. The number of aryl methyl sites for hydroxylation is 1. The van der Waals surface area contributed by atoms with E-state index in [2.05, 4.69) is 48.3 Å². The van der Waals surface area contributed by atoms with E-state index in [9.17, 15) is 0 Å². The van der Waals surface area contributed by atoms with Crippen molar-refractivity contribution in [3.05, 3.63) is 40.3 Å². The molecule has 0 aliphatic carbocycles. The van der Waals surface area contributed by atoms with E-state index in [0.717, 1.165) is 41.8 Å². The van der Waals surface area contributed by atoms with E-state index in [1.165, 1.54) is 47.5 Å². The maximum atomic E-state index is 5.87. The minimum absolute atomic E-state index is 0.543. The molecule has 27 heavy (non-hydrogen) atoms. The van der Waals surface area contributed by atoms with Gasteiger partial charge in [-0.15, -0.1) is 11.3 Å². The van der Waals surface area contributed by atoms with Crippen LogP contribution >= 0.6 is 11.3 Å². The summed E-state index contributed by atoms with van der Waals surface area (Å²) >= 11 is 1.82. The van der Waals surface area contributed by atoms with E-state index in [4.69, 9.17) is 10.7 Å². The van der Waals surface area contributed by atoms with Crippen molar-refractivity contribution in [3.8, 4) is 0 Å². The lowest BCUT2D eigenvalue weighted by Crippen LogP contribution is -2.35. The van der Waals surface area contributed by atoms with Crippen molar-refractivity contribution in [2.75, 3.05) is 18.4 Å². The standard InChI is InChI=1S/C22H30N4S/c1-3-16-6-4-5-10-26(11-9-16)21-18-12-15(2)27-22(18)25-19-8-7-17(14-23)13-20(19)24-21/h7-8,12-13,16,25H,3-6,9-11,14,23H2,1-2H3. The summed E-state index contributed by atoms with van der Waals surface area (Å²) in [5.41, 5.74) is 10.3. The molecule has 0 radical (unpaired) electrons. The number of aliphatic imine (C=N–C) groups is 1. The smallest absolute Gasteiger partial charge is 0.139 e. The fourth-order valence-corrected chi connectivity index (χ4v) is 5.08. The predicted octanol–water partition coefficient (Wildman–Crippen LogP) is 5.55. The highest BCUT2D eigenvalue weighted by atomic mass is 32.1. The highest BCUT2D eigenvalue weighted by Gasteiger charge is 2.25. The van der Waals surface area contributed by atoms with Gasteiger partial charge < -0.3 is 16.0 Å². The topological polar surface area (TPSA) is 53.6 Å². The van der Waals surface area contributed by atoms with Gasteiger partial charge in [0, 0.05) is 24.5 Å². The molecule has 0 spiro atoms. The Bertz CT molecular complexity index is 839. The number of rotatable bonds is 2. The van der Waals surface area contributed by atoms with Crippen LogP contribution in [0.2, 0.25) is 0 Å². The lowest BCUT2D eigenvalue weighted by molar-refractivity contribution is 0.299. The molecule has 1 fully saturated rings. The first-order valence-corrected chi connectivity index (χ1v) is 11.0. The van der Waals surface area contributed by atoms with Gasteiger partial charge in [0.15, 0.2) is 0 Å². The van der Waals surface area contributed by atoms with Gasteiger partial charge in [-0.25, -0.2) is 4.99 Å². The number of thiophene rings is 1. The summed E-state index contributed by atoms with van der Waals surface area (Å²) in [5, 5.41) is 4.84. The van der Waals surface area contributed by atoms with Crippen molar-refractivity contribution < 1.29 is 0 Å². The van der Waals surface area contributed by atoms with E-state index in [1.807, 2.05) is 11.3 Å². The maximum absolute atomic E-state index is 5.87. The fraction of sp³-hybridized carbons (Fsp3) is 0.500. The van der Waals surface area contributed by atoms with Crippen LogP contribution in [0.25, 0.3) is 0 Å². The summed E-state index contributed by atoms with van der Waals surface area (Å²) in [4.78, 5) is 9.03. The van der Waals surface area contributed by atoms with Gasteiger partial charge in [0.25, 0.3) is 0 Å². The third-order valence-corrected chi connectivity index (χ3v) is 6.81. The molecule has 4 rings (SSSR count). The van der Waals surface area contributed by atoms with Crippen LogP contribution < -0.4 is 11.1 Å². The van der Waals surface area contributed by atoms with Crippen molar-refractivity contribution >= 4 is 33.5 Å². The van der Waals surface area contributed by atoms with Crippen LogP contribution in [-0.2, 0) is 6.54 Å². The van der Waals surface area contributed by atoms with Crippen molar-refractivity contribution in [1.29, 1.82) is 0 Å². The second-order valence-electron chi connectivity index (χ2n) is 7.76. The maximum Gasteiger partial charge on any atom is 0.139 e. The van der Waals surface area contributed by atoms with Crippen molar-refractivity contribution in [2.24, 2.45) is 16.6 Å². The number of likely N-dealkylation sites (tertiary alicyclic amines) is 1. The quantitative estimate of drug-likeness (QED) is 0.716. The second-order valence-corrected chi connectivity index (χ2v) is 9.02. The van der Waals surface area contributed by atoms with Gasteiger partial charge in [-0.2, -0.15) is 0 Å². The molecule has 0 amide bonds. The van der Waals surface area contributed by atoms with Gasteiger partial charge in [-0.1, -0.05) is 32.3 Å². The van der Waals surface area contributed by atoms with Gasteiger partial charge in [0.1, 0.15) is 10.8 Å². The van der Waals surface area contributed by atoms with Gasteiger partial charge in [0.2, 0.25) is 0 Å². The minimum atomic E-state index is 0.543. The molecular formula is C22H30N4S. The number of anilines is 2. The van der Waals surface area contributed by atoms with E-state index in [0.29, 0.717) is 6.54 Å². The number of hydrogen-bond acceptors (Lipinski definition) is 5. The molecule has 1 atom stereocenters. The highest BCUT2D eigenvalue weighted by molar-refractivity contribution is 7.16. The molecule has 3 heterocycles. The predicted molar refractivity (Wildman–Crippen MR) is 117 cm³/mol. The summed E-state index contributed by atoms with van der Waals surface area (Å²) in [6.45, 7) is 7.24. The number of nitrogens with two attached hydrogens (primary N) is 1. The van der Waals surface area contributed by atoms with E-state index >= 15 is 0 Å². The summed E-state index contributed by atoms with van der Waals surface area (Å²) in [5.74, 6) is 1.98. The van der Waals surface area contributed by atoms with E-state index < -0.39 is 0 Å². The average Bonchev–Trinajstić information content (AvgIpc) is 2.94. The lowest BCUT2D eigenvalue weighted by atomic mass is 9.93. The zero-order chi connectivity index (χ0) is 18.8. The molecule has 1 aromatic heterocycles. The molecule has 3 N–H and O–H groups in total. The molecule has 1 unspecified atom stereocenters. The normalized spacial score (nSPS) is 19.9. The number of nitrogens with one attached hydrogen (secondary N) is 1. The zero-order valence-corrected chi connectivity index (χ0v) is 17.2. The molecule has 1 saturated heterocycles. The van der Waals surface area contributed by atoms with Crippen LogP contribution in [0.15, 0.2) is 29.3 Å².